The molecule has 0 atom stereocenters. The maximum absolute atomic E-state index is 12.5. The van der Waals surface area contributed by atoms with Gasteiger partial charge in [-0.05, 0) is 46.9 Å². The zero-order valence-electron chi connectivity index (χ0n) is 16.3. The Morgan fingerprint density at radius 2 is 1.67 bits per heavy atom. The summed E-state index contributed by atoms with van der Waals surface area (Å²) >= 11 is 0. The van der Waals surface area contributed by atoms with Crippen LogP contribution in [0, 0.1) is 19.3 Å². The Morgan fingerprint density at radius 1 is 1.07 bits per heavy atom. The molecule has 3 aromatic rings. The van der Waals surface area contributed by atoms with Gasteiger partial charge >= 0.3 is 12.1 Å². The third-order valence-corrected chi connectivity index (χ3v) is 5.39. The van der Waals surface area contributed by atoms with Gasteiger partial charge in [-0.15, -0.1) is 6.42 Å². The quantitative estimate of drug-likeness (QED) is 0.605. The van der Waals surface area contributed by atoms with E-state index in [-0.39, 0.29) is 18.1 Å². The first kappa shape index (κ1) is 19.3. The summed E-state index contributed by atoms with van der Waals surface area (Å²) in [6.45, 7) is 1.89. The lowest BCUT2D eigenvalue weighted by atomic mass is 9.98. The highest BCUT2D eigenvalue weighted by Crippen LogP contribution is 2.44. The minimum absolute atomic E-state index is 0.00231. The molecular formula is C25H19NO4. The monoisotopic (exact) mass is 397 g/mol. The Labute approximate surface area is 174 Å². The van der Waals surface area contributed by atoms with E-state index in [4.69, 9.17) is 11.2 Å². The number of carboxylic acids is 1. The first-order valence-electron chi connectivity index (χ1n) is 9.46. The summed E-state index contributed by atoms with van der Waals surface area (Å²) in [5.41, 5.74) is 5.86. The molecule has 0 spiro atoms. The Hall–Kier alpha value is -4.04. The molecule has 0 aliphatic heterocycles. The number of carbonyl (C=O) groups is 2. The number of aromatic carboxylic acids is 1. The van der Waals surface area contributed by atoms with Crippen molar-refractivity contribution in [1.29, 1.82) is 0 Å². The normalized spacial score (nSPS) is 11.9. The Morgan fingerprint density at radius 3 is 2.23 bits per heavy atom. The van der Waals surface area contributed by atoms with Gasteiger partial charge in [-0.1, -0.05) is 54.5 Å². The first-order chi connectivity index (χ1) is 14.5. The summed E-state index contributed by atoms with van der Waals surface area (Å²) in [7, 11) is 0. The minimum Gasteiger partial charge on any atom is -0.478 e. The summed E-state index contributed by atoms with van der Waals surface area (Å²) < 4.78 is 5.52. The molecule has 0 saturated heterocycles. The summed E-state index contributed by atoms with van der Waals surface area (Å²) in [6.07, 6.45) is 4.80. The Kier molecular flexibility index (Phi) is 4.99. The molecule has 0 radical (unpaired) electrons. The second kappa shape index (κ2) is 7.76. The lowest BCUT2D eigenvalue weighted by Crippen LogP contribution is -2.19. The number of ether oxygens (including phenoxy) is 1. The van der Waals surface area contributed by atoms with Crippen molar-refractivity contribution in [2.24, 2.45) is 0 Å². The molecule has 0 saturated carbocycles. The highest BCUT2D eigenvalue weighted by atomic mass is 16.5. The fraction of sp³-hybridized carbons (Fsp3) is 0.120. The van der Waals surface area contributed by atoms with Crippen molar-refractivity contribution in [2.75, 3.05) is 11.9 Å². The van der Waals surface area contributed by atoms with Crippen molar-refractivity contribution >= 4 is 17.7 Å². The molecule has 3 aromatic carbocycles. The predicted octanol–water partition coefficient (Wildman–Crippen LogP) is 5.04. The van der Waals surface area contributed by atoms with Crippen molar-refractivity contribution in [3.8, 4) is 23.5 Å². The van der Waals surface area contributed by atoms with Crippen LogP contribution in [0.25, 0.3) is 11.1 Å². The van der Waals surface area contributed by atoms with E-state index in [1.165, 1.54) is 12.1 Å². The van der Waals surface area contributed by atoms with Gasteiger partial charge < -0.3 is 9.84 Å². The number of terminal acetylenes is 1. The van der Waals surface area contributed by atoms with E-state index in [0.717, 1.165) is 22.3 Å². The molecule has 0 fully saturated rings. The van der Waals surface area contributed by atoms with Gasteiger partial charge in [0.25, 0.3) is 0 Å². The second-order valence-electron chi connectivity index (χ2n) is 7.10. The van der Waals surface area contributed by atoms with Crippen LogP contribution < -0.4 is 5.32 Å². The van der Waals surface area contributed by atoms with Crippen LogP contribution in [0.4, 0.5) is 10.5 Å². The molecule has 0 aromatic heterocycles. The lowest BCUT2D eigenvalue weighted by Gasteiger charge is -2.16. The second-order valence-corrected chi connectivity index (χ2v) is 7.10. The van der Waals surface area contributed by atoms with Gasteiger partial charge in [0.2, 0.25) is 0 Å². The maximum atomic E-state index is 12.5. The van der Waals surface area contributed by atoms with E-state index in [2.05, 4.69) is 23.4 Å². The van der Waals surface area contributed by atoms with Gasteiger partial charge in [0.15, 0.2) is 0 Å². The summed E-state index contributed by atoms with van der Waals surface area (Å²) in [6, 6.07) is 18.9. The number of benzene rings is 3. The number of nitrogens with one attached hydrogen (secondary N) is 1. The third-order valence-electron chi connectivity index (χ3n) is 5.39. The topological polar surface area (TPSA) is 75.6 Å². The first-order valence-corrected chi connectivity index (χ1v) is 9.46. The van der Waals surface area contributed by atoms with E-state index in [1.54, 1.807) is 6.92 Å². The zero-order chi connectivity index (χ0) is 21.3. The predicted molar refractivity (Wildman–Crippen MR) is 115 cm³/mol. The van der Waals surface area contributed by atoms with E-state index >= 15 is 0 Å². The van der Waals surface area contributed by atoms with Crippen molar-refractivity contribution in [2.45, 2.75) is 12.8 Å². The van der Waals surface area contributed by atoms with Gasteiger partial charge in [0, 0.05) is 17.2 Å². The standard InChI is InChI=1S/C25H19NO4/c1-3-16-12-17(24(27)28)13-23(15(16)2)26-25(29)30-14-22-20-10-6-4-8-18(20)19-9-5-7-11-21(19)22/h1,4-13,22H,14H2,2H3,(H,26,29)(H,27,28). The van der Waals surface area contributed by atoms with Crippen LogP contribution in [0.2, 0.25) is 0 Å². The fourth-order valence-corrected chi connectivity index (χ4v) is 3.86. The molecule has 4 rings (SSSR count). The molecule has 30 heavy (non-hydrogen) atoms. The molecule has 1 aliphatic rings. The molecule has 2 N–H and O–H groups in total. The fourth-order valence-electron chi connectivity index (χ4n) is 3.86. The van der Waals surface area contributed by atoms with Crippen LogP contribution >= 0.6 is 0 Å². The summed E-state index contributed by atoms with van der Waals surface area (Å²) in [5.74, 6) is 1.27. The SMILES string of the molecule is C#Cc1cc(C(=O)O)cc(NC(=O)OCC2c3ccccc3-c3ccccc32)c1C. The summed E-state index contributed by atoms with van der Waals surface area (Å²) in [5, 5.41) is 11.9. The molecule has 1 amide bonds. The molecule has 0 bridgehead atoms. The largest absolute Gasteiger partial charge is 0.478 e. The highest BCUT2D eigenvalue weighted by molar-refractivity contribution is 5.93. The van der Waals surface area contributed by atoms with Gasteiger partial charge in [-0.3, -0.25) is 5.32 Å². The lowest BCUT2D eigenvalue weighted by molar-refractivity contribution is 0.0696. The minimum atomic E-state index is -1.12. The molecule has 1 aliphatic carbocycles. The molecule has 5 heteroatoms. The third kappa shape index (κ3) is 3.40. The number of hydrogen-bond donors (Lipinski definition) is 2. The zero-order valence-corrected chi connectivity index (χ0v) is 16.3. The van der Waals surface area contributed by atoms with E-state index in [1.807, 2.05) is 36.4 Å². The Bertz CT molecular complexity index is 1160. The van der Waals surface area contributed by atoms with Crippen LogP contribution in [-0.4, -0.2) is 23.8 Å². The molecule has 5 nitrogen and oxygen atoms in total. The van der Waals surface area contributed by atoms with Crippen LogP contribution in [0.5, 0.6) is 0 Å². The van der Waals surface area contributed by atoms with E-state index in [0.29, 0.717) is 16.8 Å². The van der Waals surface area contributed by atoms with E-state index in [9.17, 15) is 14.7 Å². The van der Waals surface area contributed by atoms with Gasteiger partial charge in [-0.25, -0.2) is 9.59 Å². The highest BCUT2D eigenvalue weighted by Gasteiger charge is 2.29. The number of anilines is 1. The number of carboxylic acid groups (broad SMARTS) is 1. The average molecular weight is 397 g/mol. The van der Waals surface area contributed by atoms with Crippen LogP contribution in [0.15, 0.2) is 60.7 Å². The van der Waals surface area contributed by atoms with Crippen LogP contribution in [0.3, 0.4) is 0 Å². The Balaban J connectivity index is 1.54. The van der Waals surface area contributed by atoms with Crippen molar-refractivity contribution in [3.63, 3.8) is 0 Å². The number of carbonyl (C=O) groups excluding carboxylic acids is 1. The van der Waals surface area contributed by atoms with Gasteiger partial charge in [0.1, 0.15) is 6.61 Å². The number of rotatable bonds is 4. The smallest absolute Gasteiger partial charge is 0.411 e. The van der Waals surface area contributed by atoms with E-state index < -0.39 is 12.1 Å². The number of fused-ring (bicyclic) bond motifs is 3. The maximum Gasteiger partial charge on any atom is 0.411 e. The van der Waals surface area contributed by atoms with Crippen molar-refractivity contribution < 1.29 is 19.4 Å². The molecule has 148 valence electrons. The van der Waals surface area contributed by atoms with Gasteiger partial charge in [0.05, 0.1) is 5.56 Å². The van der Waals surface area contributed by atoms with Crippen molar-refractivity contribution in [3.05, 3.63) is 88.5 Å². The van der Waals surface area contributed by atoms with Gasteiger partial charge in [-0.2, -0.15) is 0 Å². The summed E-state index contributed by atoms with van der Waals surface area (Å²) in [4.78, 5) is 23.8. The van der Waals surface area contributed by atoms with Crippen LogP contribution in [0.1, 0.15) is 38.5 Å². The van der Waals surface area contributed by atoms with Crippen LogP contribution in [-0.2, 0) is 4.74 Å². The average Bonchev–Trinajstić information content (AvgIpc) is 3.07. The number of hydrogen-bond acceptors (Lipinski definition) is 3. The molecular weight excluding hydrogens is 378 g/mol. The molecule has 0 heterocycles. The number of amides is 1. The molecule has 0 unspecified atom stereocenters. The van der Waals surface area contributed by atoms with Crippen molar-refractivity contribution in [1.82, 2.24) is 0 Å².